The van der Waals surface area contributed by atoms with Crippen molar-refractivity contribution in [2.75, 3.05) is 18.4 Å². The molecular weight excluding hydrogens is 170 g/mol. The van der Waals surface area contributed by atoms with Crippen molar-refractivity contribution in [3.05, 3.63) is 16.2 Å². The molecule has 5 N–H and O–H groups in total. The van der Waals surface area contributed by atoms with Gasteiger partial charge in [0, 0.05) is 13.0 Å². The second-order valence-corrected chi connectivity index (χ2v) is 2.71. The Balaban J connectivity index is 2.64. The Morgan fingerprint density at radius 1 is 1.62 bits per heavy atom. The number of aryl methyl sites for hydroxylation is 1. The monoisotopic (exact) mass is 184 g/mol. The lowest BCUT2D eigenvalue weighted by Gasteiger charge is -2.04. The van der Waals surface area contributed by atoms with Crippen molar-refractivity contribution in [3.63, 3.8) is 0 Å². The SMILES string of the molecule is Cc1n[nH]c(=O)nc1NCCC[NH3+]. The number of hydrogen-bond donors (Lipinski definition) is 3. The van der Waals surface area contributed by atoms with Gasteiger partial charge in [-0.2, -0.15) is 10.1 Å². The van der Waals surface area contributed by atoms with Gasteiger partial charge in [0.1, 0.15) is 5.69 Å². The predicted molar refractivity (Wildman–Crippen MR) is 48.3 cm³/mol. The van der Waals surface area contributed by atoms with E-state index in [0.717, 1.165) is 19.5 Å². The molecule has 0 radical (unpaired) electrons. The van der Waals surface area contributed by atoms with E-state index < -0.39 is 5.69 Å². The molecule has 0 aromatic carbocycles. The van der Waals surface area contributed by atoms with E-state index in [4.69, 9.17) is 0 Å². The summed E-state index contributed by atoms with van der Waals surface area (Å²) >= 11 is 0. The number of aromatic amines is 1. The fraction of sp³-hybridized carbons (Fsp3) is 0.571. The molecule has 0 amide bonds. The Morgan fingerprint density at radius 3 is 3.08 bits per heavy atom. The third-order valence-corrected chi connectivity index (χ3v) is 1.59. The van der Waals surface area contributed by atoms with Crippen LogP contribution >= 0.6 is 0 Å². The minimum absolute atomic E-state index is 0.428. The van der Waals surface area contributed by atoms with Crippen LogP contribution in [-0.4, -0.2) is 28.3 Å². The van der Waals surface area contributed by atoms with Gasteiger partial charge in [-0.25, -0.2) is 9.89 Å². The molecule has 72 valence electrons. The standard InChI is InChI=1S/C7H13N5O/c1-5-6(9-4-2-3-8)10-7(13)12-11-5/h2-4,8H2,1H3,(H2,9,10,12,13)/p+1. The average molecular weight is 184 g/mol. The van der Waals surface area contributed by atoms with Crippen LogP contribution in [0.5, 0.6) is 0 Å². The first-order valence-electron chi connectivity index (χ1n) is 4.20. The highest BCUT2D eigenvalue weighted by Crippen LogP contribution is 2.01. The minimum Gasteiger partial charge on any atom is -0.368 e. The fourth-order valence-corrected chi connectivity index (χ4v) is 0.891. The van der Waals surface area contributed by atoms with Gasteiger partial charge in [-0.15, -0.1) is 0 Å². The molecule has 0 bridgehead atoms. The molecule has 0 atom stereocenters. The number of nitrogens with zero attached hydrogens (tertiary/aromatic N) is 2. The molecule has 0 fully saturated rings. The molecule has 1 rings (SSSR count). The molecule has 0 aliphatic heterocycles. The Kier molecular flexibility index (Phi) is 3.39. The quantitative estimate of drug-likeness (QED) is 0.497. The number of hydrogen-bond acceptors (Lipinski definition) is 4. The highest BCUT2D eigenvalue weighted by atomic mass is 16.1. The van der Waals surface area contributed by atoms with E-state index in [2.05, 4.69) is 26.2 Å². The van der Waals surface area contributed by atoms with Crippen LogP contribution in [0.2, 0.25) is 0 Å². The van der Waals surface area contributed by atoms with Gasteiger partial charge in [0.25, 0.3) is 0 Å². The van der Waals surface area contributed by atoms with E-state index in [0.29, 0.717) is 11.5 Å². The van der Waals surface area contributed by atoms with Crippen molar-refractivity contribution in [3.8, 4) is 0 Å². The Morgan fingerprint density at radius 2 is 2.38 bits per heavy atom. The normalized spacial score (nSPS) is 10.0. The summed E-state index contributed by atoms with van der Waals surface area (Å²) in [5, 5.41) is 9.06. The van der Waals surface area contributed by atoms with Crippen LogP contribution in [0.25, 0.3) is 0 Å². The zero-order valence-electron chi connectivity index (χ0n) is 7.63. The van der Waals surface area contributed by atoms with Crippen LogP contribution in [0, 0.1) is 6.92 Å². The summed E-state index contributed by atoms with van der Waals surface area (Å²) in [4.78, 5) is 14.5. The summed E-state index contributed by atoms with van der Waals surface area (Å²) in [5.74, 6) is 0.553. The molecular formula is C7H14N5O+. The van der Waals surface area contributed by atoms with E-state index in [9.17, 15) is 4.79 Å². The van der Waals surface area contributed by atoms with Crippen LogP contribution in [0.1, 0.15) is 12.1 Å². The molecule has 1 aromatic heterocycles. The molecule has 0 unspecified atom stereocenters. The maximum Gasteiger partial charge on any atom is 0.363 e. The van der Waals surface area contributed by atoms with E-state index >= 15 is 0 Å². The fourth-order valence-electron chi connectivity index (χ4n) is 0.891. The first kappa shape index (κ1) is 9.66. The molecule has 0 saturated carbocycles. The van der Waals surface area contributed by atoms with E-state index in [1.807, 2.05) is 0 Å². The second kappa shape index (κ2) is 4.56. The van der Waals surface area contributed by atoms with Gasteiger partial charge in [0.05, 0.1) is 6.54 Å². The molecule has 0 aliphatic carbocycles. The molecule has 0 saturated heterocycles. The van der Waals surface area contributed by atoms with E-state index in [1.54, 1.807) is 6.92 Å². The number of quaternary nitrogens is 1. The van der Waals surface area contributed by atoms with Crippen LogP contribution in [0.4, 0.5) is 5.82 Å². The number of anilines is 1. The maximum absolute atomic E-state index is 10.8. The van der Waals surface area contributed by atoms with Crippen LogP contribution in [-0.2, 0) is 0 Å². The molecule has 0 aliphatic rings. The largest absolute Gasteiger partial charge is 0.368 e. The summed E-state index contributed by atoms with van der Waals surface area (Å²) in [6, 6.07) is 0. The molecule has 6 nitrogen and oxygen atoms in total. The second-order valence-electron chi connectivity index (χ2n) is 2.71. The topological polar surface area (TPSA) is 98.3 Å². The van der Waals surface area contributed by atoms with Gasteiger partial charge < -0.3 is 11.1 Å². The van der Waals surface area contributed by atoms with Gasteiger partial charge in [0.2, 0.25) is 0 Å². The van der Waals surface area contributed by atoms with Crippen molar-refractivity contribution in [2.24, 2.45) is 0 Å². The highest BCUT2D eigenvalue weighted by Gasteiger charge is 2.00. The van der Waals surface area contributed by atoms with Crippen molar-refractivity contribution in [1.82, 2.24) is 15.2 Å². The zero-order valence-corrected chi connectivity index (χ0v) is 7.63. The lowest BCUT2D eigenvalue weighted by Crippen LogP contribution is -2.50. The Hall–Kier alpha value is -1.43. The first-order valence-corrected chi connectivity index (χ1v) is 4.20. The van der Waals surface area contributed by atoms with Gasteiger partial charge in [-0.05, 0) is 6.92 Å². The van der Waals surface area contributed by atoms with Crippen molar-refractivity contribution < 1.29 is 5.73 Å². The third-order valence-electron chi connectivity index (χ3n) is 1.59. The molecule has 0 spiro atoms. The van der Waals surface area contributed by atoms with Gasteiger partial charge in [0.15, 0.2) is 5.82 Å². The summed E-state index contributed by atoms with van der Waals surface area (Å²) in [7, 11) is 0. The lowest BCUT2D eigenvalue weighted by molar-refractivity contribution is -0.367. The lowest BCUT2D eigenvalue weighted by atomic mass is 10.4. The zero-order chi connectivity index (χ0) is 9.68. The smallest absolute Gasteiger partial charge is 0.363 e. The van der Waals surface area contributed by atoms with Crippen molar-refractivity contribution in [2.45, 2.75) is 13.3 Å². The van der Waals surface area contributed by atoms with Crippen molar-refractivity contribution in [1.29, 1.82) is 0 Å². The van der Waals surface area contributed by atoms with Gasteiger partial charge in [-0.3, -0.25) is 0 Å². The van der Waals surface area contributed by atoms with Gasteiger partial charge >= 0.3 is 5.69 Å². The molecule has 6 heteroatoms. The number of rotatable bonds is 4. The number of nitrogens with one attached hydrogen (secondary N) is 2. The average Bonchev–Trinajstić information content (AvgIpc) is 2.11. The molecule has 1 aromatic rings. The minimum atomic E-state index is -0.428. The summed E-state index contributed by atoms with van der Waals surface area (Å²) in [6.45, 7) is 3.42. The maximum atomic E-state index is 10.8. The highest BCUT2D eigenvalue weighted by molar-refractivity contribution is 5.37. The van der Waals surface area contributed by atoms with Crippen LogP contribution in [0.3, 0.4) is 0 Å². The number of aromatic nitrogens is 3. The summed E-state index contributed by atoms with van der Waals surface area (Å²) in [6.07, 6.45) is 0.952. The first-order chi connectivity index (χ1) is 6.24. The molecule has 1 heterocycles. The van der Waals surface area contributed by atoms with Gasteiger partial charge in [-0.1, -0.05) is 0 Å². The van der Waals surface area contributed by atoms with Crippen molar-refractivity contribution >= 4 is 5.82 Å². The van der Waals surface area contributed by atoms with Crippen LogP contribution in [0.15, 0.2) is 4.79 Å². The van der Waals surface area contributed by atoms with E-state index in [1.165, 1.54) is 0 Å². The summed E-state index contributed by atoms with van der Waals surface area (Å²) < 4.78 is 0. The van der Waals surface area contributed by atoms with E-state index in [-0.39, 0.29) is 0 Å². The third kappa shape index (κ3) is 2.83. The molecule has 13 heavy (non-hydrogen) atoms. The summed E-state index contributed by atoms with van der Waals surface area (Å²) in [5.41, 5.74) is 3.98. The Bertz CT molecular complexity index is 321. The predicted octanol–water partition coefficient (Wildman–Crippen LogP) is -1.48. The number of H-pyrrole nitrogens is 1. The van der Waals surface area contributed by atoms with Crippen LogP contribution < -0.4 is 16.7 Å². The Labute approximate surface area is 75.6 Å².